The van der Waals surface area contributed by atoms with Gasteiger partial charge in [-0.25, -0.2) is 16.8 Å². The summed E-state index contributed by atoms with van der Waals surface area (Å²) in [4.78, 5) is 10.1. The van der Waals surface area contributed by atoms with Crippen LogP contribution in [0.25, 0.3) is 0 Å². The number of non-ortho nitro benzene ring substituents is 1. The first-order valence-electron chi connectivity index (χ1n) is 7.85. The van der Waals surface area contributed by atoms with Crippen molar-refractivity contribution in [2.45, 2.75) is 12.2 Å². The summed E-state index contributed by atoms with van der Waals surface area (Å²) in [6.45, 7) is -1.19. The lowest BCUT2D eigenvalue weighted by molar-refractivity contribution is -0.384. The van der Waals surface area contributed by atoms with Gasteiger partial charge in [-0.1, -0.05) is 0 Å². The van der Waals surface area contributed by atoms with Crippen molar-refractivity contribution in [1.29, 1.82) is 0 Å². The first-order valence-corrected chi connectivity index (χ1v) is 10.5. The molecule has 0 aliphatic heterocycles. The maximum atomic E-state index is 11.1. The lowest BCUT2D eigenvalue weighted by Crippen LogP contribution is -2.34. The third kappa shape index (κ3) is 7.54. The minimum Gasteiger partial charge on any atom is -0.726 e. The van der Waals surface area contributed by atoms with Gasteiger partial charge in [-0.2, -0.15) is 0 Å². The summed E-state index contributed by atoms with van der Waals surface area (Å²) in [5.74, 6) is 0.0921. The lowest BCUT2D eigenvalue weighted by Gasteiger charge is -2.29. The van der Waals surface area contributed by atoms with E-state index in [0.29, 0.717) is 5.69 Å². The van der Waals surface area contributed by atoms with Gasteiger partial charge < -0.3 is 19.6 Å². The molecule has 2 aromatic rings. The highest BCUT2D eigenvalue weighted by Gasteiger charge is 2.30. The van der Waals surface area contributed by atoms with E-state index in [1.807, 2.05) is 0 Å². The SMILES string of the molecule is Nc1ccc(OC(c2ccc([N+](=O)[O-])cc2)C(COS(=O)(=O)[O-])OS(=O)(=O)[O-])cc1. The van der Waals surface area contributed by atoms with Gasteiger partial charge in [-0.05, 0) is 42.0 Å². The number of nitro groups is 1. The van der Waals surface area contributed by atoms with Crippen LogP contribution >= 0.6 is 0 Å². The molecule has 0 bridgehead atoms. The Balaban J connectivity index is 2.47. The summed E-state index contributed by atoms with van der Waals surface area (Å²) in [5, 5.41) is 10.8. The summed E-state index contributed by atoms with van der Waals surface area (Å²) < 4.78 is 79.7. The van der Waals surface area contributed by atoms with Crippen LogP contribution in [0.4, 0.5) is 11.4 Å². The van der Waals surface area contributed by atoms with Crippen molar-refractivity contribution >= 4 is 32.2 Å². The van der Waals surface area contributed by atoms with Crippen LogP contribution in [0, 0.1) is 10.1 Å². The van der Waals surface area contributed by atoms with Gasteiger partial charge in [0.15, 0.2) is 6.10 Å². The second kappa shape index (κ2) is 9.33. The van der Waals surface area contributed by atoms with Crippen molar-refractivity contribution in [3.05, 3.63) is 64.2 Å². The fourth-order valence-corrected chi connectivity index (χ4v) is 3.06. The summed E-state index contributed by atoms with van der Waals surface area (Å²) >= 11 is 0. The third-order valence-electron chi connectivity index (χ3n) is 3.53. The van der Waals surface area contributed by atoms with Crippen LogP contribution in [0.5, 0.6) is 5.75 Å². The number of nitro benzene ring substituents is 1. The van der Waals surface area contributed by atoms with Crippen LogP contribution in [0.1, 0.15) is 11.7 Å². The Morgan fingerprint density at radius 2 is 1.50 bits per heavy atom. The first kappa shape index (κ1) is 23.5. The number of hydrogen-bond acceptors (Lipinski definition) is 12. The van der Waals surface area contributed by atoms with Crippen molar-refractivity contribution in [3.8, 4) is 5.75 Å². The molecule has 2 unspecified atom stereocenters. The van der Waals surface area contributed by atoms with Gasteiger partial charge in [0.05, 0.1) is 11.5 Å². The number of benzene rings is 2. The highest BCUT2D eigenvalue weighted by molar-refractivity contribution is 7.81. The third-order valence-corrected chi connectivity index (χ3v) is 4.44. The highest BCUT2D eigenvalue weighted by Crippen LogP contribution is 2.29. The minimum atomic E-state index is -5.40. The highest BCUT2D eigenvalue weighted by atomic mass is 32.3. The van der Waals surface area contributed by atoms with Gasteiger partial charge in [0, 0.05) is 17.8 Å². The molecule has 2 N–H and O–H groups in total. The molecule has 0 aliphatic carbocycles. The van der Waals surface area contributed by atoms with Crippen LogP contribution in [0.3, 0.4) is 0 Å². The van der Waals surface area contributed by atoms with E-state index in [2.05, 4.69) is 8.37 Å². The summed E-state index contributed by atoms with van der Waals surface area (Å²) in [6.07, 6.45) is -3.46. The van der Waals surface area contributed by atoms with Crippen LogP contribution in [0.2, 0.25) is 0 Å². The van der Waals surface area contributed by atoms with Crippen molar-refractivity contribution in [1.82, 2.24) is 0 Å². The molecule has 13 nitrogen and oxygen atoms in total. The Hall–Kier alpha value is -2.82. The molecule has 0 saturated carbocycles. The van der Waals surface area contributed by atoms with Crippen molar-refractivity contribution in [3.63, 3.8) is 0 Å². The zero-order chi connectivity index (χ0) is 22.5. The molecule has 164 valence electrons. The number of rotatable bonds is 10. The summed E-state index contributed by atoms with van der Waals surface area (Å²) in [5.41, 5.74) is 5.68. The van der Waals surface area contributed by atoms with Gasteiger partial charge >= 0.3 is 0 Å². The fourth-order valence-electron chi connectivity index (χ4n) is 2.30. The number of hydrogen-bond donors (Lipinski definition) is 1. The molecule has 0 spiro atoms. The molecule has 2 aromatic carbocycles. The largest absolute Gasteiger partial charge is 0.726 e. The molecule has 0 amide bonds. The molecular formula is C15H14N2O11S2-2. The number of nitrogens with two attached hydrogens (primary N) is 1. The molecule has 0 aliphatic rings. The molecule has 0 radical (unpaired) electrons. The Bertz CT molecular complexity index is 1080. The Kier molecular flexibility index (Phi) is 7.30. The zero-order valence-electron chi connectivity index (χ0n) is 14.8. The van der Waals surface area contributed by atoms with Crippen LogP contribution in [-0.4, -0.2) is 43.6 Å². The topological polar surface area (TPSA) is 211 Å². The molecule has 2 rings (SSSR count). The second-order valence-electron chi connectivity index (χ2n) is 5.69. The van der Waals surface area contributed by atoms with Crippen LogP contribution in [-0.2, 0) is 29.2 Å². The molecule has 0 aromatic heterocycles. The molecule has 0 fully saturated rings. The maximum Gasteiger partial charge on any atom is 0.269 e. The second-order valence-corrected chi connectivity index (χ2v) is 7.75. The molecule has 30 heavy (non-hydrogen) atoms. The lowest BCUT2D eigenvalue weighted by atomic mass is 10.0. The molecule has 0 saturated heterocycles. The van der Waals surface area contributed by atoms with E-state index in [0.717, 1.165) is 12.1 Å². The Morgan fingerprint density at radius 3 is 1.97 bits per heavy atom. The average molecular weight is 462 g/mol. The van der Waals surface area contributed by atoms with Crippen molar-refractivity contribution in [2.75, 3.05) is 12.3 Å². The predicted molar refractivity (Wildman–Crippen MR) is 97.5 cm³/mol. The van der Waals surface area contributed by atoms with E-state index in [4.69, 9.17) is 10.5 Å². The van der Waals surface area contributed by atoms with E-state index in [1.165, 1.54) is 36.4 Å². The molecule has 15 heteroatoms. The standard InChI is InChI=1S/C15H16N2O11S2/c16-11-3-7-13(8-4-11)27-15(10-1-5-12(6-2-10)17(18)19)14(28-30(23,24)25)9-26-29(20,21)22/h1-8,14-15H,9,16H2,(H,20,21,22)(H,23,24,25)/p-2. The Labute approximate surface area is 171 Å². The molecular weight excluding hydrogens is 448 g/mol. The minimum absolute atomic E-state index is 0.0537. The Morgan fingerprint density at radius 1 is 0.933 bits per heavy atom. The smallest absolute Gasteiger partial charge is 0.269 e. The van der Waals surface area contributed by atoms with E-state index < -0.39 is 44.5 Å². The van der Waals surface area contributed by atoms with Gasteiger partial charge in [0.25, 0.3) is 5.69 Å². The predicted octanol–water partition coefficient (Wildman–Crippen LogP) is 0.619. The van der Waals surface area contributed by atoms with Crippen molar-refractivity contribution < 1.29 is 44.0 Å². The molecule has 2 atom stereocenters. The maximum absolute atomic E-state index is 11.1. The van der Waals surface area contributed by atoms with Gasteiger partial charge in [-0.3, -0.25) is 18.5 Å². The van der Waals surface area contributed by atoms with E-state index in [-0.39, 0.29) is 17.0 Å². The number of anilines is 1. The number of nitrogen functional groups attached to an aromatic ring is 1. The fraction of sp³-hybridized carbons (Fsp3) is 0.200. The van der Waals surface area contributed by atoms with E-state index in [9.17, 15) is 36.1 Å². The van der Waals surface area contributed by atoms with Crippen LogP contribution < -0.4 is 10.5 Å². The van der Waals surface area contributed by atoms with Gasteiger partial charge in [-0.15, -0.1) is 0 Å². The normalized spacial score (nSPS) is 14.1. The molecule has 0 heterocycles. The summed E-state index contributed by atoms with van der Waals surface area (Å²) in [7, 11) is -10.7. The number of ether oxygens (including phenoxy) is 1. The average Bonchev–Trinajstić information content (AvgIpc) is 2.63. The van der Waals surface area contributed by atoms with Gasteiger partial charge in [0.1, 0.15) is 11.9 Å². The van der Waals surface area contributed by atoms with Crippen molar-refractivity contribution in [2.24, 2.45) is 0 Å². The van der Waals surface area contributed by atoms with Crippen LogP contribution in [0.15, 0.2) is 48.5 Å². The zero-order valence-corrected chi connectivity index (χ0v) is 16.4. The number of nitrogens with zero attached hydrogens (tertiary/aromatic N) is 1. The van der Waals surface area contributed by atoms with E-state index >= 15 is 0 Å². The monoisotopic (exact) mass is 462 g/mol. The first-order chi connectivity index (χ1) is 13.8. The summed E-state index contributed by atoms with van der Waals surface area (Å²) in [6, 6.07) is 10.1. The van der Waals surface area contributed by atoms with Gasteiger partial charge in [0.2, 0.25) is 20.8 Å². The quantitative estimate of drug-likeness (QED) is 0.169. The van der Waals surface area contributed by atoms with E-state index in [1.54, 1.807) is 0 Å².